The van der Waals surface area contributed by atoms with Gasteiger partial charge in [0, 0.05) is 32.4 Å². The highest BCUT2D eigenvalue weighted by Crippen LogP contribution is 2.18. The zero-order valence-corrected chi connectivity index (χ0v) is 16.4. The van der Waals surface area contributed by atoms with Crippen molar-refractivity contribution in [2.75, 3.05) is 44.2 Å². The Morgan fingerprint density at radius 2 is 1.64 bits per heavy atom. The highest BCUT2D eigenvalue weighted by atomic mass is 16.5. The lowest BCUT2D eigenvalue weighted by molar-refractivity contribution is 0.236. The molecule has 0 bridgehead atoms. The van der Waals surface area contributed by atoms with Crippen LogP contribution in [0.3, 0.4) is 0 Å². The molecule has 6 heteroatoms. The lowest BCUT2D eigenvalue weighted by Crippen LogP contribution is -2.46. The summed E-state index contributed by atoms with van der Waals surface area (Å²) >= 11 is 0. The van der Waals surface area contributed by atoms with Gasteiger partial charge >= 0.3 is 0 Å². The summed E-state index contributed by atoms with van der Waals surface area (Å²) in [6.07, 6.45) is 4.02. The van der Waals surface area contributed by atoms with Crippen molar-refractivity contribution in [3.8, 4) is 5.88 Å². The molecule has 0 N–H and O–H groups in total. The van der Waals surface area contributed by atoms with E-state index in [2.05, 4.69) is 36.9 Å². The maximum absolute atomic E-state index is 5.90. The van der Waals surface area contributed by atoms with E-state index in [1.807, 2.05) is 43.5 Å². The van der Waals surface area contributed by atoms with Gasteiger partial charge in [-0.15, -0.1) is 0 Å². The third kappa shape index (κ3) is 4.57. The molecule has 1 aliphatic rings. The number of pyridine rings is 1. The van der Waals surface area contributed by atoms with Crippen molar-refractivity contribution >= 4 is 16.9 Å². The molecule has 0 radical (unpaired) electrons. The van der Waals surface area contributed by atoms with E-state index in [1.165, 1.54) is 0 Å². The van der Waals surface area contributed by atoms with Gasteiger partial charge in [-0.25, -0.2) is 15.0 Å². The number of unbranched alkanes of at least 4 members (excludes halogenated alkanes) is 1. The minimum Gasteiger partial charge on any atom is -0.476 e. The van der Waals surface area contributed by atoms with Crippen molar-refractivity contribution < 1.29 is 4.74 Å². The van der Waals surface area contributed by atoms with Gasteiger partial charge < -0.3 is 9.64 Å². The smallest absolute Gasteiger partial charge is 0.235 e. The largest absolute Gasteiger partial charge is 0.476 e. The Morgan fingerprint density at radius 1 is 0.893 bits per heavy atom. The summed E-state index contributed by atoms with van der Waals surface area (Å²) < 4.78 is 5.90. The van der Waals surface area contributed by atoms with E-state index in [4.69, 9.17) is 4.74 Å². The van der Waals surface area contributed by atoms with Crippen molar-refractivity contribution in [2.45, 2.75) is 19.8 Å². The summed E-state index contributed by atoms with van der Waals surface area (Å²) in [5.41, 5.74) is 2.65. The average Bonchev–Trinajstić information content (AvgIpc) is 2.75. The second-order valence-electron chi connectivity index (χ2n) is 7.18. The Hall–Kier alpha value is -2.73. The molecule has 28 heavy (non-hydrogen) atoms. The molecule has 0 spiro atoms. The zero-order valence-electron chi connectivity index (χ0n) is 16.4. The maximum atomic E-state index is 5.90. The zero-order chi connectivity index (χ0) is 19.2. The number of fused-ring (bicyclic) bond motifs is 1. The second kappa shape index (κ2) is 8.97. The molecule has 2 aromatic heterocycles. The van der Waals surface area contributed by atoms with Crippen LogP contribution in [0.15, 0.2) is 48.7 Å². The summed E-state index contributed by atoms with van der Waals surface area (Å²) in [6, 6.07) is 14.0. The van der Waals surface area contributed by atoms with E-state index < -0.39 is 0 Å². The first-order valence-corrected chi connectivity index (χ1v) is 10.0. The van der Waals surface area contributed by atoms with Crippen LogP contribution in [0.5, 0.6) is 5.88 Å². The van der Waals surface area contributed by atoms with Crippen LogP contribution in [0.1, 0.15) is 18.5 Å². The van der Waals surface area contributed by atoms with Crippen molar-refractivity contribution in [3.05, 3.63) is 54.4 Å². The summed E-state index contributed by atoms with van der Waals surface area (Å²) in [5, 5.41) is 0. The molecule has 1 aliphatic heterocycles. The number of piperazine rings is 1. The molecule has 146 valence electrons. The van der Waals surface area contributed by atoms with Crippen LogP contribution < -0.4 is 9.64 Å². The Bertz CT molecular complexity index is 894. The number of hydrogen-bond donors (Lipinski definition) is 0. The topological polar surface area (TPSA) is 54.4 Å². The third-order valence-corrected chi connectivity index (χ3v) is 5.15. The van der Waals surface area contributed by atoms with E-state index in [1.54, 1.807) is 0 Å². The summed E-state index contributed by atoms with van der Waals surface area (Å²) in [6.45, 7) is 8.01. The number of rotatable bonds is 7. The first-order valence-electron chi connectivity index (χ1n) is 10.0. The normalized spacial score (nSPS) is 15.1. The van der Waals surface area contributed by atoms with Crippen LogP contribution in [0.25, 0.3) is 11.0 Å². The Kier molecular flexibility index (Phi) is 5.97. The average molecular weight is 377 g/mol. The molecule has 0 amide bonds. The van der Waals surface area contributed by atoms with E-state index in [0.717, 1.165) is 68.1 Å². The van der Waals surface area contributed by atoms with Gasteiger partial charge in [-0.3, -0.25) is 4.90 Å². The molecule has 1 fully saturated rings. The van der Waals surface area contributed by atoms with E-state index >= 15 is 0 Å². The molecule has 0 aliphatic carbocycles. The molecule has 3 aromatic rings. The van der Waals surface area contributed by atoms with Gasteiger partial charge in [0.15, 0.2) is 0 Å². The Balaban J connectivity index is 1.17. The quantitative estimate of drug-likeness (QED) is 0.589. The minimum absolute atomic E-state index is 0.655. The number of ether oxygens (including phenoxy) is 1. The first-order chi connectivity index (χ1) is 13.8. The summed E-state index contributed by atoms with van der Waals surface area (Å²) in [4.78, 5) is 18.5. The predicted octanol–water partition coefficient (Wildman–Crippen LogP) is 3.31. The fraction of sp³-hybridized carbons (Fsp3) is 0.409. The van der Waals surface area contributed by atoms with Crippen LogP contribution in [0.4, 0.5) is 5.82 Å². The Morgan fingerprint density at radius 3 is 2.39 bits per heavy atom. The number of anilines is 1. The van der Waals surface area contributed by atoms with E-state index in [9.17, 15) is 0 Å². The fourth-order valence-corrected chi connectivity index (χ4v) is 3.56. The number of hydrogen-bond acceptors (Lipinski definition) is 6. The second-order valence-corrected chi connectivity index (χ2v) is 7.18. The van der Waals surface area contributed by atoms with Crippen LogP contribution in [0, 0.1) is 6.92 Å². The maximum Gasteiger partial charge on any atom is 0.235 e. The predicted molar refractivity (Wildman–Crippen MR) is 112 cm³/mol. The monoisotopic (exact) mass is 377 g/mol. The number of benzene rings is 1. The molecular formula is C22H27N5O. The lowest BCUT2D eigenvalue weighted by Gasteiger charge is -2.35. The third-order valence-electron chi connectivity index (χ3n) is 5.15. The van der Waals surface area contributed by atoms with Crippen LogP contribution >= 0.6 is 0 Å². The van der Waals surface area contributed by atoms with Gasteiger partial charge in [-0.05, 0) is 50.6 Å². The van der Waals surface area contributed by atoms with Crippen LogP contribution in [0.2, 0.25) is 0 Å². The van der Waals surface area contributed by atoms with Gasteiger partial charge in [0.2, 0.25) is 5.88 Å². The molecule has 3 heterocycles. The van der Waals surface area contributed by atoms with E-state index in [0.29, 0.717) is 12.5 Å². The Labute approximate surface area is 166 Å². The first kappa shape index (κ1) is 18.6. The molecule has 0 unspecified atom stereocenters. The van der Waals surface area contributed by atoms with Crippen molar-refractivity contribution in [1.82, 2.24) is 19.9 Å². The van der Waals surface area contributed by atoms with Crippen molar-refractivity contribution in [2.24, 2.45) is 0 Å². The fourth-order valence-electron chi connectivity index (χ4n) is 3.56. The summed E-state index contributed by atoms with van der Waals surface area (Å²) in [5.74, 6) is 1.74. The molecule has 6 nitrogen and oxygen atoms in total. The number of aromatic nitrogens is 3. The molecule has 1 aromatic carbocycles. The van der Waals surface area contributed by atoms with Crippen LogP contribution in [-0.2, 0) is 0 Å². The standard InChI is InChI=1S/C22H27N5O/c1-18-22(25-20-9-3-2-8-19(20)24-18)28-17-7-6-12-26-13-15-27(16-14-26)21-10-4-5-11-23-21/h2-5,8-11H,6-7,12-17H2,1H3. The van der Waals surface area contributed by atoms with Crippen molar-refractivity contribution in [1.29, 1.82) is 0 Å². The van der Waals surface area contributed by atoms with Gasteiger partial charge in [-0.2, -0.15) is 0 Å². The van der Waals surface area contributed by atoms with Crippen molar-refractivity contribution in [3.63, 3.8) is 0 Å². The van der Waals surface area contributed by atoms with Crippen LogP contribution in [-0.4, -0.2) is 59.2 Å². The minimum atomic E-state index is 0.655. The molecule has 1 saturated heterocycles. The SMILES string of the molecule is Cc1nc2ccccc2nc1OCCCCN1CCN(c2ccccn2)CC1. The molecule has 0 saturated carbocycles. The van der Waals surface area contributed by atoms with Gasteiger partial charge in [0.1, 0.15) is 11.5 Å². The molecular weight excluding hydrogens is 350 g/mol. The number of para-hydroxylation sites is 2. The highest BCUT2D eigenvalue weighted by Gasteiger charge is 2.17. The van der Waals surface area contributed by atoms with E-state index in [-0.39, 0.29) is 0 Å². The van der Waals surface area contributed by atoms with Gasteiger partial charge in [0.05, 0.1) is 17.6 Å². The van der Waals surface area contributed by atoms with Gasteiger partial charge in [0.25, 0.3) is 0 Å². The highest BCUT2D eigenvalue weighted by molar-refractivity contribution is 5.74. The number of nitrogens with zero attached hydrogens (tertiary/aromatic N) is 5. The molecule has 4 rings (SSSR count). The number of aryl methyl sites for hydroxylation is 1. The van der Waals surface area contributed by atoms with Gasteiger partial charge in [-0.1, -0.05) is 18.2 Å². The lowest BCUT2D eigenvalue weighted by atomic mass is 10.2. The molecule has 0 atom stereocenters. The summed E-state index contributed by atoms with van der Waals surface area (Å²) in [7, 11) is 0.